The minimum absolute atomic E-state index is 0.390. The second kappa shape index (κ2) is 5.27. The van der Waals surface area contributed by atoms with Gasteiger partial charge in [-0.25, -0.2) is 9.59 Å². The van der Waals surface area contributed by atoms with Crippen molar-refractivity contribution in [3.63, 3.8) is 0 Å². The molecule has 0 aromatic heterocycles. The summed E-state index contributed by atoms with van der Waals surface area (Å²) in [6.45, 7) is 5.32. The van der Waals surface area contributed by atoms with Crippen LogP contribution in [-0.2, 0) is 20.7 Å². The Balaban J connectivity index is 2.39. The zero-order chi connectivity index (χ0) is 15.8. The van der Waals surface area contributed by atoms with E-state index in [0.717, 1.165) is 5.56 Å². The Labute approximate surface area is 123 Å². The minimum atomic E-state index is -0.721. The summed E-state index contributed by atoms with van der Waals surface area (Å²) in [5.41, 5.74) is 7.11. The van der Waals surface area contributed by atoms with E-state index in [1.165, 1.54) is 12.0 Å². The van der Waals surface area contributed by atoms with Crippen molar-refractivity contribution in [2.75, 3.05) is 17.7 Å². The summed E-state index contributed by atoms with van der Waals surface area (Å²) >= 11 is 0. The normalized spacial score (nSPS) is 17.3. The Kier molecular flexibility index (Phi) is 3.80. The molecule has 0 radical (unpaired) electrons. The fourth-order valence-electron chi connectivity index (χ4n) is 2.31. The monoisotopic (exact) mass is 292 g/mol. The lowest BCUT2D eigenvalue weighted by molar-refractivity contribution is -0.142. The van der Waals surface area contributed by atoms with Crippen LogP contribution in [0.3, 0.4) is 0 Å². The molecule has 1 aromatic rings. The van der Waals surface area contributed by atoms with Crippen LogP contribution >= 0.6 is 0 Å². The first-order valence-electron chi connectivity index (χ1n) is 6.71. The molecule has 0 spiro atoms. The predicted molar refractivity (Wildman–Crippen MR) is 79.1 cm³/mol. The molecule has 114 valence electrons. The van der Waals surface area contributed by atoms with Crippen molar-refractivity contribution in [3.8, 4) is 0 Å². The van der Waals surface area contributed by atoms with E-state index in [-0.39, 0.29) is 0 Å². The number of nitrogen functional groups attached to an aromatic ring is 1. The van der Waals surface area contributed by atoms with Crippen LogP contribution < -0.4 is 10.6 Å². The molecule has 21 heavy (non-hydrogen) atoms. The lowest BCUT2D eigenvalue weighted by Crippen LogP contribution is -2.45. The maximum atomic E-state index is 12.4. The third-order valence-electron chi connectivity index (χ3n) is 3.16. The van der Waals surface area contributed by atoms with E-state index >= 15 is 0 Å². The summed E-state index contributed by atoms with van der Waals surface area (Å²) in [7, 11) is 1.30. The molecule has 2 rings (SSSR count). The number of fused-ring (bicyclic) bond motifs is 1. The van der Waals surface area contributed by atoms with Gasteiger partial charge in [0.25, 0.3) is 0 Å². The van der Waals surface area contributed by atoms with Crippen LogP contribution in [0.2, 0.25) is 0 Å². The first-order valence-corrected chi connectivity index (χ1v) is 6.71. The van der Waals surface area contributed by atoms with Gasteiger partial charge in [0, 0.05) is 12.1 Å². The van der Waals surface area contributed by atoms with Crippen LogP contribution in [0.25, 0.3) is 0 Å². The number of nitrogens with two attached hydrogens (primary N) is 1. The van der Waals surface area contributed by atoms with E-state index in [4.69, 9.17) is 15.2 Å². The number of ether oxygens (including phenoxy) is 2. The number of carbonyl (C=O) groups is 2. The van der Waals surface area contributed by atoms with Gasteiger partial charge in [-0.3, -0.25) is 4.90 Å². The molecule has 0 saturated carbocycles. The molecule has 1 amide bonds. The largest absolute Gasteiger partial charge is 0.467 e. The molecule has 0 saturated heterocycles. The Bertz CT molecular complexity index is 578. The van der Waals surface area contributed by atoms with E-state index in [1.54, 1.807) is 32.9 Å². The third kappa shape index (κ3) is 3.09. The van der Waals surface area contributed by atoms with Crippen LogP contribution in [-0.4, -0.2) is 30.8 Å². The molecule has 1 atom stereocenters. The number of hydrogen-bond acceptors (Lipinski definition) is 5. The lowest BCUT2D eigenvalue weighted by Gasteiger charge is -2.28. The number of anilines is 2. The standard InChI is InChI=1S/C15H20N2O4/c1-15(2,3)21-14(19)17-11-8-10(16)6-5-9(11)7-12(17)13(18)20-4/h5-6,8,12H,7,16H2,1-4H3. The minimum Gasteiger partial charge on any atom is -0.467 e. The van der Waals surface area contributed by atoms with E-state index in [0.29, 0.717) is 17.8 Å². The lowest BCUT2D eigenvalue weighted by atomic mass is 10.1. The summed E-state index contributed by atoms with van der Waals surface area (Å²) < 4.78 is 10.2. The second-order valence-electron chi connectivity index (χ2n) is 5.98. The van der Waals surface area contributed by atoms with Crippen molar-refractivity contribution in [1.29, 1.82) is 0 Å². The maximum Gasteiger partial charge on any atom is 0.415 e. The molecule has 1 heterocycles. The summed E-state index contributed by atoms with van der Waals surface area (Å²) in [5, 5.41) is 0. The first kappa shape index (κ1) is 15.2. The van der Waals surface area contributed by atoms with Gasteiger partial charge in [-0.05, 0) is 38.5 Å². The van der Waals surface area contributed by atoms with Gasteiger partial charge in [0.15, 0.2) is 0 Å². The average molecular weight is 292 g/mol. The van der Waals surface area contributed by atoms with Gasteiger partial charge >= 0.3 is 12.1 Å². The molecule has 1 unspecified atom stereocenters. The quantitative estimate of drug-likeness (QED) is 0.633. The fraction of sp³-hybridized carbons (Fsp3) is 0.467. The molecule has 0 bridgehead atoms. The van der Waals surface area contributed by atoms with E-state index in [9.17, 15) is 9.59 Å². The fourth-order valence-corrected chi connectivity index (χ4v) is 2.31. The number of rotatable bonds is 1. The molecular formula is C15H20N2O4. The Morgan fingerprint density at radius 3 is 2.57 bits per heavy atom. The zero-order valence-electron chi connectivity index (χ0n) is 12.7. The van der Waals surface area contributed by atoms with Crippen molar-refractivity contribution in [3.05, 3.63) is 23.8 Å². The zero-order valence-corrected chi connectivity index (χ0v) is 12.7. The van der Waals surface area contributed by atoms with E-state index in [2.05, 4.69) is 0 Å². The highest BCUT2D eigenvalue weighted by Crippen LogP contribution is 2.35. The third-order valence-corrected chi connectivity index (χ3v) is 3.16. The number of amides is 1. The first-order chi connectivity index (χ1) is 9.73. The summed E-state index contributed by atoms with van der Waals surface area (Å²) in [6.07, 6.45) is -0.191. The second-order valence-corrected chi connectivity index (χ2v) is 5.98. The van der Waals surface area contributed by atoms with Crippen molar-refractivity contribution in [2.24, 2.45) is 0 Å². The average Bonchev–Trinajstić information content (AvgIpc) is 2.74. The highest BCUT2D eigenvalue weighted by molar-refractivity contribution is 5.99. The van der Waals surface area contributed by atoms with E-state index in [1.807, 2.05) is 6.07 Å². The molecule has 0 fully saturated rings. The Morgan fingerprint density at radius 1 is 1.33 bits per heavy atom. The maximum absolute atomic E-state index is 12.4. The van der Waals surface area contributed by atoms with Crippen LogP contribution in [0.1, 0.15) is 26.3 Å². The molecule has 0 aliphatic carbocycles. The summed E-state index contributed by atoms with van der Waals surface area (Å²) in [5.74, 6) is -0.476. The van der Waals surface area contributed by atoms with Crippen LogP contribution in [0, 0.1) is 0 Å². The van der Waals surface area contributed by atoms with Crippen LogP contribution in [0.4, 0.5) is 16.2 Å². The van der Waals surface area contributed by atoms with Gasteiger partial charge in [-0.15, -0.1) is 0 Å². The summed E-state index contributed by atoms with van der Waals surface area (Å²) in [4.78, 5) is 25.7. The number of benzene rings is 1. The van der Waals surface area contributed by atoms with Gasteiger partial charge in [0.1, 0.15) is 11.6 Å². The highest BCUT2D eigenvalue weighted by Gasteiger charge is 2.41. The van der Waals surface area contributed by atoms with Gasteiger partial charge in [-0.1, -0.05) is 6.07 Å². The molecular weight excluding hydrogens is 272 g/mol. The molecule has 2 N–H and O–H groups in total. The van der Waals surface area contributed by atoms with Crippen molar-refractivity contribution in [2.45, 2.75) is 38.8 Å². The highest BCUT2D eigenvalue weighted by atomic mass is 16.6. The number of hydrogen-bond donors (Lipinski definition) is 1. The predicted octanol–water partition coefficient (Wildman–Crippen LogP) is 2.11. The van der Waals surface area contributed by atoms with E-state index < -0.39 is 23.7 Å². The molecule has 1 aliphatic rings. The van der Waals surface area contributed by atoms with Gasteiger partial charge in [0.2, 0.25) is 0 Å². The van der Waals surface area contributed by atoms with Crippen LogP contribution in [0.15, 0.2) is 18.2 Å². The SMILES string of the molecule is COC(=O)C1Cc2ccc(N)cc2N1C(=O)OC(C)(C)C. The Hall–Kier alpha value is -2.24. The number of carbonyl (C=O) groups excluding carboxylic acids is 2. The van der Waals surface area contributed by atoms with Crippen LogP contribution in [0.5, 0.6) is 0 Å². The van der Waals surface area contributed by atoms with Gasteiger partial charge in [-0.2, -0.15) is 0 Å². The molecule has 1 aliphatic heterocycles. The smallest absolute Gasteiger partial charge is 0.415 e. The molecule has 6 heteroatoms. The molecule has 1 aromatic carbocycles. The summed E-state index contributed by atoms with van der Waals surface area (Å²) in [6, 6.07) is 4.50. The van der Waals surface area contributed by atoms with Gasteiger partial charge in [0.05, 0.1) is 12.8 Å². The van der Waals surface area contributed by atoms with Crippen molar-refractivity contribution < 1.29 is 19.1 Å². The number of methoxy groups -OCH3 is 1. The number of esters is 1. The molecule has 6 nitrogen and oxygen atoms in total. The Morgan fingerprint density at radius 2 is 2.00 bits per heavy atom. The topological polar surface area (TPSA) is 81.9 Å². The van der Waals surface area contributed by atoms with Crippen molar-refractivity contribution in [1.82, 2.24) is 0 Å². The number of nitrogens with zero attached hydrogens (tertiary/aromatic N) is 1. The van der Waals surface area contributed by atoms with Gasteiger partial charge < -0.3 is 15.2 Å². The van der Waals surface area contributed by atoms with Crippen molar-refractivity contribution >= 4 is 23.4 Å².